The number of ether oxygens (including phenoxy) is 1. The lowest BCUT2D eigenvalue weighted by Gasteiger charge is -2.07. The van der Waals surface area contributed by atoms with E-state index in [9.17, 15) is 9.18 Å². The molecule has 1 aromatic heterocycles. The number of oxazole rings is 1. The molecule has 6 heteroatoms. The number of hydrogen-bond acceptors (Lipinski definition) is 4. The number of fused-ring (bicyclic) bond motifs is 1. The topological polar surface area (TPSA) is 72.6 Å². The van der Waals surface area contributed by atoms with Gasteiger partial charge in [0.05, 0.1) is 0 Å². The number of hydrogen-bond donors (Lipinski definition) is 1. The molecule has 0 spiro atoms. The fourth-order valence-electron chi connectivity index (χ4n) is 1.91. The van der Waals surface area contributed by atoms with Crippen molar-refractivity contribution >= 4 is 17.1 Å². The van der Waals surface area contributed by atoms with Crippen molar-refractivity contribution in [2.45, 2.75) is 6.61 Å². The van der Waals surface area contributed by atoms with Crippen molar-refractivity contribution in [2.24, 2.45) is 0 Å². The smallest absolute Gasteiger partial charge is 0.339 e. The second-order valence-electron chi connectivity index (χ2n) is 4.31. The predicted octanol–water partition coefficient (Wildman–Crippen LogP) is 3.24. The summed E-state index contributed by atoms with van der Waals surface area (Å²) in [6, 6.07) is 10.4. The highest BCUT2D eigenvalue weighted by Gasteiger charge is 2.14. The molecule has 0 unspecified atom stereocenters. The van der Waals surface area contributed by atoms with Crippen LogP contribution in [0.2, 0.25) is 0 Å². The van der Waals surface area contributed by atoms with Gasteiger partial charge in [0.15, 0.2) is 12.2 Å². The summed E-state index contributed by atoms with van der Waals surface area (Å²) in [6.07, 6.45) is 0. The largest absolute Gasteiger partial charge is 0.483 e. The molecule has 0 aliphatic rings. The van der Waals surface area contributed by atoms with Gasteiger partial charge in [0.2, 0.25) is 5.89 Å². The molecule has 0 bridgehead atoms. The Bertz CT molecular complexity index is 779. The van der Waals surface area contributed by atoms with Crippen LogP contribution in [0.3, 0.4) is 0 Å². The SMILES string of the molecule is O=C(O)c1ccc(F)cc1OCc1nc2ccccc2o1. The van der Waals surface area contributed by atoms with Gasteiger partial charge in [-0.3, -0.25) is 0 Å². The van der Waals surface area contributed by atoms with Crippen LogP contribution in [0.1, 0.15) is 16.2 Å². The zero-order valence-corrected chi connectivity index (χ0v) is 10.7. The van der Waals surface area contributed by atoms with Crippen LogP contribution in [-0.2, 0) is 6.61 Å². The van der Waals surface area contributed by atoms with E-state index in [0.717, 1.165) is 18.2 Å². The Labute approximate surface area is 118 Å². The van der Waals surface area contributed by atoms with Crippen LogP contribution in [-0.4, -0.2) is 16.1 Å². The minimum absolute atomic E-state index is 0.0650. The molecular weight excluding hydrogens is 277 g/mol. The van der Waals surface area contributed by atoms with Crippen LogP contribution < -0.4 is 4.74 Å². The van der Waals surface area contributed by atoms with E-state index in [1.54, 1.807) is 12.1 Å². The number of halogens is 1. The first kappa shape index (κ1) is 13.1. The molecule has 0 saturated heterocycles. The van der Waals surface area contributed by atoms with Gasteiger partial charge >= 0.3 is 5.97 Å². The van der Waals surface area contributed by atoms with Gasteiger partial charge in [-0.2, -0.15) is 0 Å². The Morgan fingerprint density at radius 3 is 2.86 bits per heavy atom. The Morgan fingerprint density at radius 2 is 2.10 bits per heavy atom. The van der Waals surface area contributed by atoms with E-state index in [1.165, 1.54) is 0 Å². The van der Waals surface area contributed by atoms with E-state index < -0.39 is 11.8 Å². The molecule has 0 amide bonds. The maximum atomic E-state index is 13.2. The van der Waals surface area contributed by atoms with Crippen LogP contribution in [0.4, 0.5) is 4.39 Å². The molecule has 0 atom stereocenters. The first-order chi connectivity index (χ1) is 10.1. The minimum atomic E-state index is -1.19. The number of carboxylic acid groups (broad SMARTS) is 1. The zero-order valence-electron chi connectivity index (χ0n) is 10.7. The number of benzene rings is 2. The van der Waals surface area contributed by atoms with Gasteiger partial charge in [0, 0.05) is 6.07 Å². The first-order valence-electron chi connectivity index (χ1n) is 6.13. The van der Waals surface area contributed by atoms with Crippen molar-refractivity contribution in [1.82, 2.24) is 4.98 Å². The second kappa shape index (κ2) is 5.24. The Kier molecular flexibility index (Phi) is 3.27. The van der Waals surface area contributed by atoms with Crippen LogP contribution >= 0.6 is 0 Å². The Balaban J connectivity index is 1.84. The molecule has 5 nitrogen and oxygen atoms in total. The van der Waals surface area contributed by atoms with E-state index in [1.807, 2.05) is 12.1 Å². The van der Waals surface area contributed by atoms with Gasteiger partial charge in [-0.15, -0.1) is 0 Å². The lowest BCUT2D eigenvalue weighted by atomic mass is 10.2. The standard InChI is InChI=1S/C15H10FNO4/c16-9-5-6-10(15(18)19)13(7-9)20-8-14-17-11-3-1-2-4-12(11)21-14/h1-7H,8H2,(H,18,19). The lowest BCUT2D eigenvalue weighted by Crippen LogP contribution is -2.04. The molecule has 1 heterocycles. The number of carbonyl (C=O) groups is 1. The molecule has 21 heavy (non-hydrogen) atoms. The molecule has 3 aromatic rings. The molecule has 3 rings (SSSR count). The number of aromatic nitrogens is 1. The van der Waals surface area contributed by atoms with Gasteiger partial charge < -0.3 is 14.3 Å². The molecule has 0 aliphatic carbocycles. The highest BCUT2D eigenvalue weighted by molar-refractivity contribution is 5.90. The zero-order chi connectivity index (χ0) is 14.8. The van der Waals surface area contributed by atoms with Crippen LogP contribution in [0, 0.1) is 5.82 Å². The molecular formula is C15H10FNO4. The summed E-state index contributed by atoms with van der Waals surface area (Å²) in [5, 5.41) is 9.03. The fourth-order valence-corrected chi connectivity index (χ4v) is 1.91. The summed E-state index contributed by atoms with van der Waals surface area (Å²) in [5.74, 6) is -1.54. The third kappa shape index (κ3) is 2.69. The second-order valence-corrected chi connectivity index (χ2v) is 4.31. The quantitative estimate of drug-likeness (QED) is 0.797. The minimum Gasteiger partial charge on any atom is -0.483 e. The maximum Gasteiger partial charge on any atom is 0.339 e. The molecule has 106 valence electrons. The van der Waals surface area contributed by atoms with Gasteiger partial charge in [0.25, 0.3) is 0 Å². The highest BCUT2D eigenvalue weighted by atomic mass is 19.1. The third-order valence-corrected chi connectivity index (χ3v) is 2.86. The van der Waals surface area contributed by atoms with E-state index in [4.69, 9.17) is 14.3 Å². The van der Waals surface area contributed by atoms with Crippen molar-refractivity contribution in [3.63, 3.8) is 0 Å². The van der Waals surface area contributed by atoms with Crippen LogP contribution in [0.5, 0.6) is 5.75 Å². The summed E-state index contributed by atoms with van der Waals surface area (Å²) >= 11 is 0. The van der Waals surface area contributed by atoms with Gasteiger partial charge in [0.1, 0.15) is 22.6 Å². The Morgan fingerprint density at radius 1 is 1.29 bits per heavy atom. The van der Waals surface area contributed by atoms with E-state index >= 15 is 0 Å². The molecule has 0 fully saturated rings. The Hall–Kier alpha value is -2.89. The number of rotatable bonds is 4. The molecule has 2 aromatic carbocycles. The highest BCUT2D eigenvalue weighted by Crippen LogP contribution is 2.22. The third-order valence-electron chi connectivity index (χ3n) is 2.86. The van der Waals surface area contributed by atoms with Crippen molar-refractivity contribution < 1.29 is 23.4 Å². The number of nitrogens with zero attached hydrogens (tertiary/aromatic N) is 1. The van der Waals surface area contributed by atoms with Crippen LogP contribution in [0.15, 0.2) is 46.9 Å². The number of para-hydroxylation sites is 2. The van der Waals surface area contributed by atoms with Crippen molar-refractivity contribution in [2.75, 3.05) is 0 Å². The first-order valence-corrected chi connectivity index (χ1v) is 6.13. The van der Waals surface area contributed by atoms with E-state index in [0.29, 0.717) is 11.1 Å². The summed E-state index contributed by atoms with van der Waals surface area (Å²) < 4.78 is 24.0. The average Bonchev–Trinajstić information content (AvgIpc) is 2.87. The van der Waals surface area contributed by atoms with Crippen molar-refractivity contribution in [3.05, 3.63) is 59.7 Å². The number of aromatic carboxylic acids is 1. The van der Waals surface area contributed by atoms with Crippen molar-refractivity contribution in [3.8, 4) is 5.75 Å². The molecule has 0 aliphatic heterocycles. The summed E-state index contributed by atoms with van der Waals surface area (Å²) in [5.41, 5.74) is 1.16. The van der Waals surface area contributed by atoms with E-state index in [2.05, 4.69) is 4.98 Å². The van der Waals surface area contributed by atoms with Crippen LogP contribution in [0.25, 0.3) is 11.1 Å². The average molecular weight is 287 g/mol. The molecule has 0 saturated carbocycles. The number of carboxylic acids is 1. The normalized spacial score (nSPS) is 10.7. The fraction of sp³-hybridized carbons (Fsp3) is 0.0667. The molecule has 0 radical (unpaired) electrons. The van der Waals surface area contributed by atoms with Crippen molar-refractivity contribution in [1.29, 1.82) is 0 Å². The maximum absolute atomic E-state index is 13.2. The van der Waals surface area contributed by atoms with Gasteiger partial charge in [-0.1, -0.05) is 12.1 Å². The van der Waals surface area contributed by atoms with Gasteiger partial charge in [-0.05, 0) is 24.3 Å². The predicted molar refractivity (Wildman–Crippen MR) is 71.7 cm³/mol. The lowest BCUT2D eigenvalue weighted by molar-refractivity contribution is 0.0691. The van der Waals surface area contributed by atoms with E-state index in [-0.39, 0.29) is 23.8 Å². The summed E-state index contributed by atoms with van der Waals surface area (Å²) in [6.45, 7) is -0.0849. The summed E-state index contributed by atoms with van der Waals surface area (Å²) in [4.78, 5) is 15.2. The monoisotopic (exact) mass is 287 g/mol. The molecule has 1 N–H and O–H groups in total. The summed E-state index contributed by atoms with van der Waals surface area (Å²) in [7, 11) is 0. The van der Waals surface area contributed by atoms with Gasteiger partial charge in [-0.25, -0.2) is 14.2 Å².